The number of carbonyl (C=O) groups excluding carboxylic acids is 1. The van der Waals surface area contributed by atoms with Gasteiger partial charge in [-0.15, -0.1) is 0 Å². The largest absolute Gasteiger partial charge is 0.325 e. The number of amides is 1. The summed E-state index contributed by atoms with van der Waals surface area (Å²) in [6, 6.07) is 9.30. The van der Waals surface area contributed by atoms with Gasteiger partial charge in [0, 0.05) is 43.4 Å². The standard InChI is InChI=1S/C18H22ClN3OS/c1-14(18(23)20-17-4-2-3-16(19)11-17)22-8-6-21(7-9-22)12-15-5-10-24-13-15/h2-5,10-11,13-14H,6-9,12H2,1H3,(H,20,23)/t14-/m1/s1. The van der Waals surface area contributed by atoms with Crippen molar-refractivity contribution >= 4 is 34.5 Å². The molecule has 0 radical (unpaired) electrons. The number of halogens is 1. The Balaban J connectivity index is 1.49. The summed E-state index contributed by atoms with van der Waals surface area (Å²) in [6.45, 7) is 6.77. The van der Waals surface area contributed by atoms with Crippen LogP contribution in [0.25, 0.3) is 0 Å². The van der Waals surface area contributed by atoms with E-state index in [1.54, 1.807) is 23.5 Å². The van der Waals surface area contributed by atoms with Gasteiger partial charge in [0.15, 0.2) is 0 Å². The molecule has 1 amide bonds. The molecule has 1 aromatic carbocycles. The molecule has 2 aromatic rings. The van der Waals surface area contributed by atoms with Crippen molar-refractivity contribution in [3.05, 3.63) is 51.7 Å². The highest BCUT2D eigenvalue weighted by Gasteiger charge is 2.25. The molecular formula is C18H22ClN3OS. The zero-order valence-corrected chi connectivity index (χ0v) is 15.3. The number of nitrogens with one attached hydrogen (secondary N) is 1. The molecule has 6 heteroatoms. The van der Waals surface area contributed by atoms with Crippen molar-refractivity contribution in [2.75, 3.05) is 31.5 Å². The van der Waals surface area contributed by atoms with Crippen LogP contribution in [0.5, 0.6) is 0 Å². The molecule has 0 saturated carbocycles. The Morgan fingerprint density at radius 1 is 1.29 bits per heavy atom. The van der Waals surface area contributed by atoms with Crippen LogP contribution in [0.4, 0.5) is 5.69 Å². The van der Waals surface area contributed by atoms with E-state index in [1.807, 2.05) is 19.1 Å². The number of hydrogen-bond donors (Lipinski definition) is 1. The minimum absolute atomic E-state index is 0.0172. The van der Waals surface area contributed by atoms with Crippen LogP contribution in [-0.2, 0) is 11.3 Å². The number of anilines is 1. The van der Waals surface area contributed by atoms with E-state index in [0.29, 0.717) is 5.02 Å². The second-order valence-electron chi connectivity index (χ2n) is 6.12. The second kappa shape index (κ2) is 8.12. The maximum atomic E-state index is 12.5. The van der Waals surface area contributed by atoms with E-state index in [9.17, 15) is 4.79 Å². The summed E-state index contributed by atoms with van der Waals surface area (Å²) in [6.07, 6.45) is 0. The molecule has 1 aliphatic heterocycles. The first-order chi connectivity index (χ1) is 11.6. The topological polar surface area (TPSA) is 35.6 Å². The van der Waals surface area contributed by atoms with E-state index in [1.165, 1.54) is 5.56 Å². The van der Waals surface area contributed by atoms with Crippen molar-refractivity contribution in [2.24, 2.45) is 0 Å². The highest BCUT2D eigenvalue weighted by molar-refractivity contribution is 7.07. The first-order valence-corrected chi connectivity index (χ1v) is 9.48. The minimum Gasteiger partial charge on any atom is -0.325 e. The molecule has 128 valence electrons. The Labute approximate surface area is 152 Å². The van der Waals surface area contributed by atoms with E-state index < -0.39 is 0 Å². The Morgan fingerprint density at radius 3 is 2.75 bits per heavy atom. The fourth-order valence-electron chi connectivity index (χ4n) is 2.93. The van der Waals surface area contributed by atoms with E-state index in [0.717, 1.165) is 38.4 Å². The van der Waals surface area contributed by atoms with Crippen LogP contribution >= 0.6 is 22.9 Å². The molecule has 3 rings (SSSR count). The third kappa shape index (κ3) is 4.57. The first kappa shape index (κ1) is 17.4. The van der Waals surface area contributed by atoms with E-state index in [2.05, 4.69) is 31.9 Å². The predicted molar refractivity (Wildman–Crippen MR) is 101 cm³/mol. The second-order valence-corrected chi connectivity index (χ2v) is 7.34. The van der Waals surface area contributed by atoms with Crippen LogP contribution in [0.1, 0.15) is 12.5 Å². The molecule has 0 aliphatic carbocycles. The number of carbonyl (C=O) groups is 1. The van der Waals surface area contributed by atoms with Crippen molar-refractivity contribution in [1.82, 2.24) is 9.80 Å². The molecule has 0 unspecified atom stereocenters. The Hall–Kier alpha value is -1.40. The number of benzene rings is 1. The molecule has 1 atom stereocenters. The maximum absolute atomic E-state index is 12.5. The molecule has 1 aromatic heterocycles. The summed E-state index contributed by atoms with van der Waals surface area (Å²) in [5.41, 5.74) is 2.12. The molecule has 1 fully saturated rings. The number of thiophene rings is 1. The Kier molecular flexibility index (Phi) is 5.89. The van der Waals surface area contributed by atoms with Crippen LogP contribution in [0.3, 0.4) is 0 Å². The number of hydrogen-bond acceptors (Lipinski definition) is 4. The van der Waals surface area contributed by atoms with Gasteiger partial charge in [-0.1, -0.05) is 17.7 Å². The van der Waals surface area contributed by atoms with Crippen molar-refractivity contribution in [2.45, 2.75) is 19.5 Å². The average molecular weight is 364 g/mol. The van der Waals surface area contributed by atoms with Crippen molar-refractivity contribution in [3.8, 4) is 0 Å². The lowest BCUT2D eigenvalue weighted by Gasteiger charge is -2.37. The molecule has 4 nitrogen and oxygen atoms in total. The summed E-state index contributed by atoms with van der Waals surface area (Å²) in [7, 11) is 0. The fraction of sp³-hybridized carbons (Fsp3) is 0.389. The fourth-order valence-corrected chi connectivity index (χ4v) is 3.78. The summed E-state index contributed by atoms with van der Waals surface area (Å²) < 4.78 is 0. The molecule has 0 spiro atoms. The van der Waals surface area contributed by atoms with Gasteiger partial charge >= 0.3 is 0 Å². The Bertz CT molecular complexity index is 669. The van der Waals surface area contributed by atoms with Crippen molar-refractivity contribution in [1.29, 1.82) is 0 Å². The number of rotatable bonds is 5. The van der Waals surface area contributed by atoms with Gasteiger partial charge in [-0.05, 0) is 47.5 Å². The lowest BCUT2D eigenvalue weighted by Crippen LogP contribution is -2.52. The van der Waals surface area contributed by atoms with Gasteiger partial charge in [0.05, 0.1) is 6.04 Å². The van der Waals surface area contributed by atoms with Crippen LogP contribution in [0.2, 0.25) is 5.02 Å². The zero-order valence-electron chi connectivity index (χ0n) is 13.7. The molecule has 0 bridgehead atoms. The van der Waals surface area contributed by atoms with Gasteiger partial charge in [0.2, 0.25) is 5.91 Å². The van der Waals surface area contributed by atoms with E-state index >= 15 is 0 Å². The van der Waals surface area contributed by atoms with Gasteiger partial charge < -0.3 is 5.32 Å². The highest BCUT2D eigenvalue weighted by Crippen LogP contribution is 2.17. The molecule has 1 aliphatic rings. The summed E-state index contributed by atoms with van der Waals surface area (Å²) in [5.74, 6) is 0.0172. The third-order valence-electron chi connectivity index (χ3n) is 4.41. The molecule has 1 N–H and O–H groups in total. The van der Waals surface area contributed by atoms with Gasteiger partial charge in [-0.25, -0.2) is 0 Å². The smallest absolute Gasteiger partial charge is 0.241 e. The number of nitrogens with zero attached hydrogens (tertiary/aromatic N) is 2. The molecule has 1 saturated heterocycles. The normalized spacial score (nSPS) is 17.6. The zero-order chi connectivity index (χ0) is 16.9. The van der Waals surface area contributed by atoms with Crippen LogP contribution < -0.4 is 5.32 Å². The summed E-state index contributed by atoms with van der Waals surface area (Å²) in [4.78, 5) is 17.1. The molecule has 24 heavy (non-hydrogen) atoms. The molecular weight excluding hydrogens is 342 g/mol. The highest BCUT2D eigenvalue weighted by atomic mass is 35.5. The first-order valence-electron chi connectivity index (χ1n) is 8.16. The van der Waals surface area contributed by atoms with E-state index in [-0.39, 0.29) is 11.9 Å². The average Bonchev–Trinajstić information content (AvgIpc) is 3.08. The Morgan fingerprint density at radius 2 is 2.08 bits per heavy atom. The third-order valence-corrected chi connectivity index (χ3v) is 5.38. The van der Waals surface area contributed by atoms with Crippen LogP contribution in [0.15, 0.2) is 41.1 Å². The van der Waals surface area contributed by atoms with Gasteiger partial charge in [0.1, 0.15) is 0 Å². The van der Waals surface area contributed by atoms with Crippen LogP contribution in [0, 0.1) is 0 Å². The molecule has 2 heterocycles. The minimum atomic E-state index is -0.146. The van der Waals surface area contributed by atoms with Gasteiger partial charge in [-0.3, -0.25) is 14.6 Å². The maximum Gasteiger partial charge on any atom is 0.241 e. The van der Waals surface area contributed by atoms with Gasteiger partial charge in [-0.2, -0.15) is 11.3 Å². The lowest BCUT2D eigenvalue weighted by atomic mass is 10.2. The quantitative estimate of drug-likeness (QED) is 0.882. The van der Waals surface area contributed by atoms with Crippen LogP contribution in [-0.4, -0.2) is 47.9 Å². The van der Waals surface area contributed by atoms with E-state index in [4.69, 9.17) is 11.6 Å². The van der Waals surface area contributed by atoms with Crippen molar-refractivity contribution in [3.63, 3.8) is 0 Å². The summed E-state index contributed by atoms with van der Waals surface area (Å²) in [5, 5.41) is 7.90. The van der Waals surface area contributed by atoms with Crippen molar-refractivity contribution < 1.29 is 4.79 Å². The SMILES string of the molecule is C[C@H](C(=O)Nc1cccc(Cl)c1)N1CCN(Cc2ccsc2)CC1. The summed E-state index contributed by atoms with van der Waals surface area (Å²) >= 11 is 7.70. The number of piperazine rings is 1. The lowest BCUT2D eigenvalue weighted by molar-refractivity contribution is -0.121. The van der Waals surface area contributed by atoms with Gasteiger partial charge in [0.25, 0.3) is 0 Å². The predicted octanol–water partition coefficient (Wildman–Crippen LogP) is 3.55. The monoisotopic (exact) mass is 363 g/mol.